The van der Waals surface area contributed by atoms with Crippen LogP contribution in [0.4, 0.5) is 0 Å². The smallest absolute Gasteiger partial charge is 0.0627 e. The molecule has 0 spiro atoms. The third-order valence-electron chi connectivity index (χ3n) is 4.81. The van der Waals surface area contributed by atoms with Gasteiger partial charge in [0.25, 0.3) is 0 Å². The highest BCUT2D eigenvalue weighted by Gasteiger charge is 2.38. The van der Waals surface area contributed by atoms with Crippen molar-refractivity contribution < 1.29 is 4.74 Å². The normalized spacial score (nSPS) is 18.3. The Balaban J connectivity index is 4.88. The minimum Gasteiger partial charge on any atom is -0.381 e. The molecule has 0 aliphatic carbocycles. The van der Waals surface area contributed by atoms with Crippen molar-refractivity contribution in [3.63, 3.8) is 0 Å². The molecule has 3 atom stereocenters. The van der Waals surface area contributed by atoms with E-state index in [0.717, 1.165) is 5.92 Å². The molecule has 110 valence electrons. The molecule has 0 aromatic rings. The summed E-state index contributed by atoms with van der Waals surface area (Å²) < 4.78 is 5.85. The standard InChI is InChI=1S/C17H36O/c1-7-11-14-15(12-8-2)17(5,10-4)16(18-6)13-9-3/h15-16H,7-14H2,1-6H3. The maximum absolute atomic E-state index is 5.85. The summed E-state index contributed by atoms with van der Waals surface area (Å²) in [6.07, 6.45) is 10.8. The van der Waals surface area contributed by atoms with E-state index in [1.54, 1.807) is 0 Å². The molecule has 3 unspecified atom stereocenters. The Hall–Kier alpha value is -0.0400. The topological polar surface area (TPSA) is 9.23 Å². The lowest BCUT2D eigenvalue weighted by atomic mass is 9.66. The molecule has 0 bridgehead atoms. The Morgan fingerprint density at radius 3 is 1.89 bits per heavy atom. The highest BCUT2D eigenvalue weighted by atomic mass is 16.5. The van der Waals surface area contributed by atoms with E-state index in [-0.39, 0.29) is 0 Å². The van der Waals surface area contributed by atoms with Crippen LogP contribution >= 0.6 is 0 Å². The van der Waals surface area contributed by atoms with Gasteiger partial charge in [0.05, 0.1) is 6.10 Å². The van der Waals surface area contributed by atoms with Gasteiger partial charge >= 0.3 is 0 Å². The summed E-state index contributed by atoms with van der Waals surface area (Å²) in [6.45, 7) is 11.7. The predicted molar refractivity (Wildman–Crippen MR) is 82.0 cm³/mol. The molecule has 0 amide bonds. The van der Waals surface area contributed by atoms with Gasteiger partial charge in [-0.2, -0.15) is 0 Å². The summed E-state index contributed by atoms with van der Waals surface area (Å²) in [4.78, 5) is 0. The number of rotatable bonds is 11. The van der Waals surface area contributed by atoms with Gasteiger partial charge in [0.1, 0.15) is 0 Å². The van der Waals surface area contributed by atoms with Gasteiger partial charge < -0.3 is 4.74 Å². The SMILES string of the molecule is CCCCC(CCC)C(C)(CC)C(CCC)OC. The van der Waals surface area contributed by atoms with Gasteiger partial charge in [-0.05, 0) is 30.6 Å². The van der Waals surface area contributed by atoms with Gasteiger partial charge in [-0.15, -0.1) is 0 Å². The van der Waals surface area contributed by atoms with Crippen molar-refractivity contribution in [2.24, 2.45) is 11.3 Å². The van der Waals surface area contributed by atoms with Gasteiger partial charge in [-0.3, -0.25) is 0 Å². The van der Waals surface area contributed by atoms with E-state index < -0.39 is 0 Å². The summed E-state index contributed by atoms with van der Waals surface area (Å²) >= 11 is 0. The number of unbranched alkanes of at least 4 members (excludes halogenated alkanes) is 1. The zero-order valence-corrected chi connectivity index (χ0v) is 13.7. The van der Waals surface area contributed by atoms with Crippen LogP contribution in [0.15, 0.2) is 0 Å². The van der Waals surface area contributed by atoms with Crippen molar-refractivity contribution in [3.05, 3.63) is 0 Å². The minimum atomic E-state index is 0.357. The second-order valence-electron chi connectivity index (χ2n) is 6.00. The number of ether oxygens (including phenoxy) is 1. The molecule has 0 heterocycles. The fourth-order valence-corrected chi connectivity index (χ4v) is 3.36. The molecule has 0 aliphatic heterocycles. The molecule has 0 saturated heterocycles. The third-order valence-corrected chi connectivity index (χ3v) is 4.81. The van der Waals surface area contributed by atoms with Crippen molar-refractivity contribution >= 4 is 0 Å². The van der Waals surface area contributed by atoms with Crippen molar-refractivity contribution in [1.29, 1.82) is 0 Å². The molecule has 1 nitrogen and oxygen atoms in total. The Kier molecular flexibility index (Phi) is 9.81. The van der Waals surface area contributed by atoms with E-state index >= 15 is 0 Å². The van der Waals surface area contributed by atoms with Gasteiger partial charge in [0.15, 0.2) is 0 Å². The van der Waals surface area contributed by atoms with Crippen molar-refractivity contribution in [1.82, 2.24) is 0 Å². The van der Waals surface area contributed by atoms with Crippen LogP contribution in [0, 0.1) is 11.3 Å². The second-order valence-corrected chi connectivity index (χ2v) is 6.00. The zero-order chi connectivity index (χ0) is 14.0. The van der Waals surface area contributed by atoms with Gasteiger partial charge in [0.2, 0.25) is 0 Å². The van der Waals surface area contributed by atoms with Crippen molar-refractivity contribution in [3.8, 4) is 0 Å². The van der Waals surface area contributed by atoms with Crippen LogP contribution in [0.5, 0.6) is 0 Å². The number of hydrogen-bond acceptors (Lipinski definition) is 1. The van der Waals surface area contributed by atoms with E-state index in [2.05, 4.69) is 34.6 Å². The lowest BCUT2D eigenvalue weighted by Crippen LogP contribution is -2.40. The molecule has 0 aromatic heterocycles. The number of hydrogen-bond donors (Lipinski definition) is 0. The molecule has 0 N–H and O–H groups in total. The van der Waals surface area contributed by atoms with E-state index in [1.165, 1.54) is 51.4 Å². The fourth-order valence-electron chi connectivity index (χ4n) is 3.36. The van der Waals surface area contributed by atoms with Crippen molar-refractivity contribution in [2.45, 2.75) is 92.1 Å². The second kappa shape index (κ2) is 9.83. The molecule has 0 aromatic carbocycles. The summed E-state index contributed by atoms with van der Waals surface area (Å²) in [5, 5.41) is 0. The third kappa shape index (κ3) is 4.91. The monoisotopic (exact) mass is 256 g/mol. The highest BCUT2D eigenvalue weighted by Crippen LogP contribution is 2.43. The maximum atomic E-state index is 5.85. The van der Waals surface area contributed by atoms with Crippen LogP contribution in [0.25, 0.3) is 0 Å². The molecule has 1 heteroatoms. The molecule has 0 radical (unpaired) electrons. The Labute approximate surface area is 116 Å². The van der Waals surface area contributed by atoms with Crippen molar-refractivity contribution in [2.75, 3.05) is 7.11 Å². The quantitative estimate of drug-likeness (QED) is 0.452. The predicted octanol–water partition coefficient (Wildman–Crippen LogP) is 5.82. The van der Waals surface area contributed by atoms with Crippen LogP contribution in [-0.4, -0.2) is 13.2 Å². The first-order valence-electron chi connectivity index (χ1n) is 8.13. The summed E-state index contributed by atoms with van der Waals surface area (Å²) in [5.74, 6) is 0.823. The van der Waals surface area contributed by atoms with Crippen LogP contribution in [0.2, 0.25) is 0 Å². The van der Waals surface area contributed by atoms with E-state index in [9.17, 15) is 0 Å². The summed E-state index contributed by atoms with van der Waals surface area (Å²) in [5.41, 5.74) is 0.357. The lowest BCUT2D eigenvalue weighted by molar-refractivity contribution is -0.0510. The number of methoxy groups -OCH3 is 1. The fraction of sp³-hybridized carbons (Fsp3) is 1.00. The Morgan fingerprint density at radius 1 is 0.889 bits per heavy atom. The van der Waals surface area contributed by atoms with E-state index in [0.29, 0.717) is 11.5 Å². The molecule has 0 saturated carbocycles. The van der Waals surface area contributed by atoms with Gasteiger partial charge in [-0.25, -0.2) is 0 Å². The minimum absolute atomic E-state index is 0.357. The average Bonchev–Trinajstić information content (AvgIpc) is 2.39. The van der Waals surface area contributed by atoms with Crippen LogP contribution in [-0.2, 0) is 4.74 Å². The van der Waals surface area contributed by atoms with E-state index in [4.69, 9.17) is 4.74 Å². The highest BCUT2D eigenvalue weighted by molar-refractivity contribution is 4.88. The Bertz CT molecular complexity index is 190. The van der Waals surface area contributed by atoms with Crippen LogP contribution < -0.4 is 0 Å². The van der Waals surface area contributed by atoms with Gasteiger partial charge in [0, 0.05) is 7.11 Å². The average molecular weight is 256 g/mol. The first kappa shape index (κ1) is 18.0. The first-order valence-corrected chi connectivity index (χ1v) is 8.13. The largest absolute Gasteiger partial charge is 0.381 e. The molecule has 18 heavy (non-hydrogen) atoms. The Morgan fingerprint density at radius 2 is 1.50 bits per heavy atom. The summed E-state index contributed by atoms with van der Waals surface area (Å²) in [7, 11) is 1.90. The summed E-state index contributed by atoms with van der Waals surface area (Å²) in [6, 6.07) is 0. The molecule has 0 rings (SSSR count). The molecular formula is C17H36O. The maximum Gasteiger partial charge on any atom is 0.0627 e. The zero-order valence-electron chi connectivity index (χ0n) is 13.7. The lowest BCUT2D eigenvalue weighted by Gasteiger charge is -2.43. The van der Waals surface area contributed by atoms with Crippen LogP contribution in [0.1, 0.15) is 86.0 Å². The van der Waals surface area contributed by atoms with Crippen LogP contribution in [0.3, 0.4) is 0 Å². The molecule has 0 fully saturated rings. The van der Waals surface area contributed by atoms with Gasteiger partial charge in [-0.1, -0.05) is 66.7 Å². The van der Waals surface area contributed by atoms with E-state index in [1.807, 2.05) is 7.11 Å². The molecule has 0 aliphatic rings. The molecular weight excluding hydrogens is 220 g/mol. The first-order chi connectivity index (χ1) is 8.60.